The van der Waals surface area contributed by atoms with E-state index in [0.717, 1.165) is 0 Å². The molecule has 15 heavy (non-hydrogen) atoms. The summed E-state index contributed by atoms with van der Waals surface area (Å²) in [5.41, 5.74) is 0. The lowest BCUT2D eigenvalue weighted by Crippen LogP contribution is -1.84. The molecule has 0 aliphatic carbocycles. The molecule has 84 valence electrons. The zero-order valence-electron chi connectivity index (χ0n) is 7.26. The molecule has 0 saturated carbocycles. The molecule has 0 spiro atoms. The quantitative estimate of drug-likeness (QED) is 0.718. The summed E-state index contributed by atoms with van der Waals surface area (Å²) in [5.74, 6) is 0. The second-order valence-corrected chi connectivity index (χ2v) is 7.60. The third-order valence-electron chi connectivity index (χ3n) is 1.17. The molecular formula is C6H8O6P2S. The minimum atomic E-state index is -4.96. The van der Waals surface area contributed by atoms with Gasteiger partial charge in [-0.3, -0.25) is 0 Å². The van der Waals surface area contributed by atoms with Gasteiger partial charge in [-0.2, -0.15) is 4.31 Å². The standard InChI is InChI=1S/C6H8O6P2S/c7-13(8,9)12-14(10,11)15-6-4-2-1-3-5-6/h1-5H,(H,10,11)(H2,7,8,9). The highest BCUT2D eigenvalue weighted by Crippen LogP contribution is 2.67. The van der Waals surface area contributed by atoms with Gasteiger partial charge in [0, 0.05) is 4.90 Å². The van der Waals surface area contributed by atoms with E-state index in [4.69, 9.17) is 14.7 Å². The van der Waals surface area contributed by atoms with E-state index >= 15 is 0 Å². The number of rotatable bonds is 4. The van der Waals surface area contributed by atoms with Crippen molar-refractivity contribution in [1.29, 1.82) is 0 Å². The predicted molar refractivity (Wildman–Crippen MR) is 55.3 cm³/mol. The second-order valence-electron chi connectivity index (χ2n) is 2.45. The maximum atomic E-state index is 11.2. The van der Waals surface area contributed by atoms with Crippen LogP contribution in [0.25, 0.3) is 0 Å². The van der Waals surface area contributed by atoms with Crippen LogP contribution in [0.4, 0.5) is 0 Å². The van der Waals surface area contributed by atoms with E-state index < -0.39 is 14.6 Å². The summed E-state index contributed by atoms with van der Waals surface area (Å²) < 4.78 is 25.3. The van der Waals surface area contributed by atoms with Gasteiger partial charge >= 0.3 is 14.6 Å². The van der Waals surface area contributed by atoms with Crippen LogP contribution in [0, 0.1) is 0 Å². The van der Waals surface area contributed by atoms with Crippen molar-refractivity contribution >= 4 is 26.0 Å². The Kier molecular flexibility index (Phi) is 4.14. The van der Waals surface area contributed by atoms with Crippen LogP contribution in [0.15, 0.2) is 35.2 Å². The largest absolute Gasteiger partial charge is 0.477 e. The second kappa shape index (κ2) is 4.80. The normalized spacial score (nSPS) is 15.9. The van der Waals surface area contributed by atoms with Crippen molar-refractivity contribution in [2.45, 2.75) is 4.90 Å². The molecule has 6 nitrogen and oxygen atoms in total. The van der Waals surface area contributed by atoms with Crippen LogP contribution >= 0.6 is 26.0 Å². The molecule has 0 aliphatic heterocycles. The first kappa shape index (κ1) is 12.9. The van der Waals surface area contributed by atoms with Crippen LogP contribution in [0.3, 0.4) is 0 Å². The Morgan fingerprint density at radius 2 is 1.60 bits per heavy atom. The molecule has 0 heterocycles. The average molecular weight is 270 g/mol. The van der Waals surface area contributed by atoms with Gasteiger partial charge in [0.05, 0.1) is 0 Å². The molecule has 1 atom stereocenters. The molecule has 0 fully saturated rings. The Bertz CT molecular complexity index is 415. The third-order valence-corrected chi connectivity index (χ3v) is 5.49. The van der Waals surface area contributed by atoms with Gasteiger partial charge in [0.2, 0.25) is 0 Å². The van der Waals surface area contributed by atoms with Crippen molar-refractivity contribution in [3.05, 3.63) is 30.3 Å². The Morgan fingerprint density at radius 1 is 1.07 bits per heavy atom. The Hall–Kier alpha value is -0.130. The van der Waals surface area contributed by atoms with Gasteiger partial charge in [0.25, 0.3) is 0 Å². The molecule has 9 heteroatoms. The van der Waals surface area contributed by atoms with Gasteiger partial charge in [-0.05, 0) is 23.5 Å². The van der Waals surface area contributed by atoms with Crippen molar-refractivity contribution < 1.29 is 28.1 Å². The van der Waals surface area contributed by atoms with Crippen LogP contribution < -0.4 is 0 Å². The van der Waals surface area contributed by atoms with Crippen molar-refractivity contribution in [2.24, 2.45) is 0 Å². The first-order valence-electron chi connectivity index (χ1n) is 3.63. The number of hydrogen-bond donors (Lipinski definition) is 3. The Morgan fingerprint density at radius 3 is 2.07 bits per heavy atom. The average Bonchev–Trinajstić information content (AvgIpc) is 1.99. The van der Waals surface area contributed by atoms with Crippen LogP contribution in [0.2, 0.25) is 0 Å². The molecule has 0 saturated heterocycles. The van der Waals surface area contributed by atoms with Crippen LogP contribution in [0.1, 0.15) is 0 Å². The summed E-state index contributed by atoms with van der Waals surface area (Å²) in [6.07, 6.45) is 0. The summed E-state index contributed by atoms with van der Waals surface area (Å²) in [4.78, 5) is 26.2. The summed E-state index contributed by atoms with van der Waals surface area (Å²) in [5, 5.41) is 0. The number of hydrogen-bond acceptors (Lipinski definition) is 4. The molecule has 1 unspecified atom stereocenters. The highest BCUT2D eigenvalue weighted by molar-refractivity contribution is 8.55. The van der Waals surface area contributed by atoms with Gasteiger partial charge in [-0.25, -0.2) is 9.13 Å². The summed E-state index contributed by atoms with van der Waals surface area (Å²) in [7, 11) is -4.96. The van der Waals surface area contributed by atoms with E-state index in [0.29, 0.717) is 16.3 Å². The van der Waals surface area contributed by atoms with Crippen molar-refractivity contribution in [2.75, 3.05) is 0 Å². The minimum Gasteiger partial charge on any atom is -0.316 e. The zero-order chi connectivity index (χ0) is 11.5. The molecular weight excluding hydrogens is 262 g/mol. The predicted octanol–water partition coefficient (Wildman–Crippen LogP) is 1.99. The maximum Gasteiger partial charge on any atom is 0.477 e. The maximum absolute atomic E-state index is 11.2. The fourth-order valence-electron chi connectivity index (χ4n) is 0.766. The van der Waals surface area contributed by atoms with E-state index in [9.17, 15) is 9.13 Å². The van der Waals surface area contributed by atoms with Gasteiger partial charge < -0.3 is 14.7 Å². The number of benzene rings is 1. The molecule has 0 aliphatic rings. The third kappa shape index (κ3) is 5.49. The van der Waals surface area contributed by atoms with E-state index in [-0.39, 0.29) is 0 Å². The lowest BCUT2D eigenvalue weighted by molar-refractivity contribution is 0.270. The molecule has 1 aromatic carbocycles. The van der Waals surface area contributed by atoms with Gasteiger partial charge in [0.15, 0.2) is 0 Å². The lowest BCUT2D eigenvalue weighted by Gasteiger charge is -2.11. The van der Waals surface area contributed by atoms with E-state index in [1.165, 1.54) is 12.1 Å². The molecule has 0 radical (unpaired) electrons. The smallest absolute Gasteiger partial charge is 0.316 e. The van der Waals surface area contributed by atoms with E-state index in [1.54, 1.807) is 18.2 Å². The summed E-state index contributed by atoms with van der Waals surface area (Å²) in [6.45, 7) is -4.38. The lowest BCUT2D eigenvalue weighted by atomic mass is 10.4. The molecule has 0 aromatic heterocycles. The highest BCUT2D eigenvalue weighted by Gasteiger charge is 2.31. The van der Waals surface area contributed by atoms with E-state index in [2.05, 4.69) is 4.31 Å². The first-order chi connectivity index (χ1) is 6.79. The van der Waals surface area contributed by atoms with Gasteiger partial charge in [-0.1, -0.05) is 18.2 Å². The van der Waals surface area contributed by atoms with Crippen molar-refractivity contribution in [3.8, 4) is 0 Å². The van der Waals surface area contributed by atoms with Crippen LogP contribution in [-0.4, -0.2) is 14.7 Å². The van der Waals surface area contributed by atoms with Crippen LogP contribution in [-0.2, 0) is 13.4 Å². The van der Waals surface area contributed by atoms with Crippen molar-refractivity contribution in [3.63, 3.8) is 0 Å². The summed E-state index contributed by atoms with van der Waals surface area (Å²) >= 11 is 0.369. The molecule has 0 amide bonds. The monoisotopic (exact) mass is 270 g/mol. The fourth-order valence-corrected chi connectivity index (χ4v) is 4.77. The Labute approximate surface area is 89.8 Å². The molecule has 0 bridgehead atoms. The highest BCUT2D eigenvalue weighted by atomic mass is 32.7. The van der Waals surface area contributed by atoms with Crippen LogP contribution in [0.5, 0.6) is 0 Å². The molecule has 1 rings (SSSR count). The molecule has 1 aromatic rings. The van der Waals surface area contributed by atoms with Gasteiger partial charge in [0.1, 0.15) is 0 Å². The topological polar surface area (TPSA) is 104 Å². The van der Waals surface area contributed by atoms with Gasteiger partial charge in [-0.15, -0.1) is 0 Å². The summed E-state index contributed by atoms with van der Waals surface area (Å²) in [6, 6.07) is 8.00. The minimum absolute atomic E-state index is 0.369. The van der Waals surface area contributed by atoms with Crippen molar-refractivity contribution in [1.82, 2.24) is 0 Å². The fraction of sp³-hybridized carbons (Fsp3) is 0. The SMILES string of the molecule is O=P(O)(O)OP(=O)(O)Sc1ccccc1. The zero-order valence-corrected chi connectivity index (χ0v) is 9.86. The number of phosphoric acid groups is 1. The van der Waals surface area contributed by atoms with E-state index in [1.807, 2.05) is 0 Å². The first-order valence-corrected chi connectivity index (χ1v) is 8.16. The molecule has 3 N–H and O–H groups in total. The Balaban J connectivity index is 2.74.